The average molecular weight is 355 g/mol. The summed E-state index contributed by atoms with van der Waals surface area (Å²) in [6.45, 7) is 5.31. The van der Waals surface area contributed by atoms with Crippen LogP contribution in [0.4, 0.5) is 0 Å². The predicted octanol–water partition coefficient (Wildman–Crippen LogP) is 4.61. The first-order chi connectivity index (χ1) is 8.70. The van der Waals surface area contributed by atoms with E-state index in [4.69, 9.17) is 4.42 Å². The summed E-state index contributed by atoms with van der Waals surface area (Å²) in [5, 5.41) is 3.43. The number of rotatable bonds is 5. The molecule has 0 amide bonds. The third kappa shape index (κ3) is 3.36. The van der Waals surface area contributed by atoms with Crippen LogP contribution in [0.15, 0.2) is 40.8 Å². The normalized spacial score (nSPS) is 12.6. The van der Waals surface area contributed by atoms with Crippen molar-refractivity contribution in [3.05, 3.63) is 45.7 Å². The van der Waals surface area contributed by atoms with Gasteiger partial charge in [-0.05, 0) is 66.7 Å². The topological polar surface area (TPSA) is 25.2 Å². The van der Waals surface area contributed by atoms with E-state index in [0.29, 0.717) is 0 Å². The molecule has 2 nitrogen and oxygen atoms in total. The van der Waals surface area contributed by atoms with Gasteiger partial charge in [0.1, 0.15) is 11.5 Å². The Labute approximate surface area is 122 Å². The molecule has 0 fully saturated rings. The van der Waals surface area contributed by atoms with Crippen molar-refractivity contribution in [1.29, 1.82) is 0 Å². The lowest BCUT2D eigenvalue weighted by atomic mass is 10.2. The lowest BCUT2D eigenvalue weighted by Crippen LogP contribution is -2.18. The summed E-state index contributed by atoms with van der Waals surface area (Å²) in [6, 6.07) is 12.7. The molecule has 1 unspecified atom stereocenters. The summed E-state index contributed by atoms with van der Waals surface area (Å²) in [7, 11) is 0. The third-order valence-electron chi connectivity index (χ3n) is 2.86. The molecule has 18 heavy (non-hydrogen) atoms. The van der Waals surface area contributed by atoms with Crippen LogP contribution in [-0.4, -0.2) is 6.54 Å². The fourth-order valence-corrected chi connectivity index (χ4v) is 2.39. The summed E-state index contributed by atoms with van der Waals surface area (Å²) in [6.07, 6.45) is 1.13. The van der Waals surface area contributed by atoms with E-state index in [0.717, 1.165) is 30.0 Å². The van der Waals surface area contributed by atoms with E-state index in [1.54, 1.807) is 0 Å². The molecular weight excluding hydrogens is 337 g/mol. The van der Waals surface area contributed by atoms with Gasteiger partial charge in [-0.2, -0.15) is 0 Å². The molecule has 3 heteroatoms. The molecule has 1 heterocycles. The third-order valence-corrected chi connectivity index (χ3v) is 3.53. The predicted molar refractivity (Wildman–Crippen MR) is 83.6 cm³/mol. The first-order valence-corrected chi connectivity index (χ1v) is 7.37. The largest absolute Gasteiger partial charge is 0.459 e. The molecule has 1 aromatic heterocycles. The van der Waals surface area contributed by atoms with Gasteiger partial charge in [-0.25, -0.2) is 0 Å². The molecule has 1 N–H and O–H groups in total. The number of hydrogen-bond donors (Lipinski definition) is 1. The SMILES string of the molecule is CCCNC(C)c1ccc(-c2cccc(I)c2)o1. The molecule has 0 aliphatic carbocycles. The minimum atomic E-state index is 0.265. The molecule has 0 bridgehead atoms. The monoisotopic (exact) mass is 355 g/mol. The highest BCUT2D eigenvalue weighted by molar-refractivity contribution is 14.1. The fraction of sp³-hybridized carbons (Fsp3) is 0.333. The smallest absolute Gasteiger partial charge is 0.134 e. The number of hydrogen-bond acceptors (Lipinski definition) is 2. The van der Waals surface area contributed by atoms with Gasteiger partial charge in [0.15, 0.2) is 0 Å². The van der Waals surface area contributed by atoms with E-state index in [1.807, 2.05) is 6.07 Å². The van der Waals surface area contributed by atoms with Gasteiger partial charge in [0.05, 0.1) is 6.04 Å². The van der Waals surface area contributed by atoms with Crippen molar-refractivity contribution < 1.29 is 4.42 Å². The minimum absolute atomic E-state index is 0.265. The van der Waals surface area contributed by atoms with Crippen molar-refractivity contribution in [2.45, 2.75) is 26.3 Å². The number of furan rings is 1. The lowest BCUT2D eigenvalue weighted by molar-refractivity contribution is 0.439. The van der Waals surface area contributed by atoms with Crippen LogP contribution in [0, 0.1) is 3.57 Å². The summed E-state index contributed by atoms with van der Waals surface area (Å²) in [5.41, 5.74) is 1.14. The Morgan fingerprint density at radius 3 is 2.83 bits per heavy atom. The molecule has 1 aromatic carbocycles. The molecule has 0 aliphatic heterocycles. The van der Waals surface area contributed by atoms with Gasteiger partial charge in [0, 0.05) is 9.13 Å². The van der Waals surface area contributed by atoms with Crippen molar-refractivity contribution in [2.75, 3.05) is 6.54 Å². The Morgan fingerprint density at radius 2 is 2.11 bits per heavy atom. The summed E-state index contributed by atoms with van der Waals surface area (Å²) in [4.78, 5) is 0. The van der Waals surface area contributed by atoms with Crippen LogP contribution in [0.2, 0.25) is 0 Å². The van der Waals surface area contributed by atoms with Crippen molar-refractivity contribution in [3.8, 4) is 11.3 Å². The Hall–Kier alpha value is -0.810. The Bertz CT molecular complexity index is 507. The van der Waals surface area contributed by atoms with Crippen LogP contribution in [0.5, 0.6) is 0 Å². The second kappa shape index (κ2) is 6.38. The molecule has 2 rings (SSSR count). The Balaban J connectivity index is 2.15. The van der Waals surface area contributed by atoms with E-state index in [1.165, 1.54) is 3.57 Å². The summed E-state index contributed by atoms with van der Waals surface area (Å²) >= 11 is 2.32. The molecule has 0 saturated heterocycles. The maximum absolute atomic E-state index is 5.92. The van der Waals surface area contributed by atoms with E-state index < -0.39 is 0 Å². The van der Waals surface area contributed by atoms with Gasteiger partial charge < -0.3 is 9.73 Å². The second-order valence-corrected chi connectivity index (χ2v) is 5.63. The van der Waals surface area contributed by atoms with E-state index in [2.05, 4.69) is 72.1 Å². The second-order valence-electron chi connectivity index (χ2n) is 4.39. The highest BCUT2D eigenvalue weighted by Crippen LogP contribution is 2.26. The van der Waals surface area contributed by atoms with Gasteiger partial charge >= 0.3 is 0 Å². The Kier molecular flexibility index (Phi) is 4.83. The van der Waals surface area contributed by atoms with Crippen LogP contribution in [0.1, 0.15) is 32.1 Å². The van der Waals surface area contributed by atoms with Crippen LogP contribution in [0.25, 0.3) is 11.3 Å². The zero-order valence-electron chi connectivity index (χ0n) is 10.7. The fourth-order valence-electron chi connectivity index (χ4n) is 1.84. The zero-order chi connectivity index (χ0) is 13.0. The van der Waals surface area contributed by atoms with E-state index in [-0.39, 0.29) is 6.04 Å². The molecule has 0 spiro atoms. The van der Waals surface area contributed by atoms with Crippen LogP contribution >= 0.6 is 22.6 Å². The highest BCUT2D eigenvalue weighted by atomic mass is 127. The van der Waals surface area contributed by atoms with Crippen molar-refractivity contribution in [3.63, 3.8) is 0 Å². The lowest BCUT2D eigenvalue weighted by Gasteiger charge is -2.09. The van der Waals surface area contributed by atoms with Gasteiger partial charge in [-0.1, -0.05) is 19.1 Å². The number of benzene rings is 1. The molecule has 2 aromatic rings. The van der Waals surface area contributed by atoms with Gasteiger partial charge in [-0.15, -0.1) is 0 Å². The highest BCUT2D eigenvalue weighted by Gasteiger charge is 2.10. The summed E-state index contributed by atoms with van der Waals surface area (Å²) in [5.74, 6) is 1.94. The zero-order valence-corrected chi connectivity index (χ0v) is 12.9. The number of nitrogens with one attached hydrogen (secondary N) is 1. The van der Waals surface area contributed by atoms with Gasteiger partial charge in [0.25, 0.3) is 0 Å². The van der Waals surface area contributed by atoms with E-state index in [9.17, 15) is 0 Å². The Morgan fingerprint density at radius 1 is 1.28 bits per heavy atom. The molecule has 96 valence electrons. The van der Waals surface area contributed by atoms with Gasteiger partial charge in [-0.3, -0.25) is 0 Å². The maximum atomic E-state index is 5.92. The van der Waals surface area contributed by atoms with Crippen LogP contribution in [0.3, 0.4) is 0 Å². The van der Waals surface area contributed by atoms with Crippen molar-refractivity contribution >= 4 is 22.6 Å². The quantitative estimate of drug-likeness (QED) is 0.793. The van der Waals surface area contributed by atoms with Crippen LogP contribution in [-0.2, 0) is 0 Å². The van der Waals surface area contributed by atoms with Crippen LogP contribution < -0.4 is 5.32 Å². The average Bonchev–Trinajstić information content (AvgIpc) is 2.85. The first kappa shape index (κ1) is 13.6. The molecule has 0 radical (unpaired) electrons. The standard InChI is InChI=1S/C15H18INO/c1-3-9-17-11(2)14-7-8-15(18-14)12-5-4-6-13(16)10-12/h4-8,10-11,17H,3,9H2,1-2H3. The van der Waals surface area contributed by atoms with Gasteiger partial charge in [0.2, 0.25) is 0 Å². The number of halogens is 1. The minimum Gasteiger partial charge on any atom is -0.459 e. The summed E-state index contributed by atoms with van der Waals surface area (Å²) < 4.78 is 7.14. The maximum Gasteiger partial charge on any atom is 0.134 e. The molecule has 1 atom stereocenters. The molecule has 0 aliphatic rings. The van der Waals surface area contributed by atoms with Crippen molar-refractivity contribution in [1.82, 2.24) is 5.32 Å². The molecule has 0 saturated carbocycles. The molecular formula is C15H18INO. The van der Waals surface area contributed by atoms with E-state index >= 15 is 0 Å². The first-order valence-electron chi connectivity index (χ1n) is 6.29. The van der Waals surface area contributed by atoms with Crippen molar-refractivity contribution in [2.24, 2.45) is 0 Å².